The van der Waals surface area contributed by atoms with E-state index < -0.39 is 5.63 Å². The Balaban J connectivity index is 1.95. The van der Waals surface area contributed by atoms with E-state index >= 15 is 0 Å². The summed E-state index contributed by atoms with van der Waals surface area (Å²) in [5, 5.41) is 5.56. The molecular formula is C17H15NO3S. The van der Waals surface area contributed by atoms with Gasteiger partial charge in [-0.3, -0.25) is 4.79 Å². The van der Waals surface area contributed by atoms with Gasteiger partial charge in [-0.15, -0.1) is 11.3 Å². The SMILES string of the molecule is Cc1ccc2c(CNC(=O)c3cccs3)cc(=O)oc2c1C. The Labute approximate surface area is 131 Å². The maximum atomic E-state index is 12.0. The zero-order valence-electron chi connectivity index (χ0n) is 12.3. The van der Waals surface area contributed by atoms with Crippen molar-refractivity contribution < 1.29 is 9.21 Å². The molecule has 1 N–H and O–H groups in total. The van der Waals surface area contributed by atoms with E-state index in [0.717, 1.165) is 22.1 Å². The molecule has 0 spiro atoms. The van der Waals surface area contributed by atoms with Crippen molar-refractivity contribution in [3.05, 3.63) is 67.7 Å². The Bertz CT molecular complexity index is 894. The van der Waals surface area contributed by atoms with E-state index in [1.807, 2.05) is 37.4 Å². The van der Waals surface area contributed by atoms with Crippen LogP contribution in [0.3, 0.4) is 0 Å². The van der Waals surface area contributed by atoms with Crippen LogP contribution in [0.2, 0.25) is 0 Å². The van der Waals surface area contributed by atoms with Crippen LogP contribution in [-0.4, -0.2) is 5.91 Å². The van der Waals surface area contributed by atoms with Gasteiger partial charge in [0.1, 0.15) is 5.58 Å². The first kappa shape index (κ1) is 14.5. The number of fused-ring (bicyclic) bond motifs is 1. The Morgan fingerprint density at radius 3 is 2.82 bits per heavy atom. The lowest BCUT2D eigenvalue weighted by molar-refractivity contribution is 0.0955. The fraction of sp³-hybridized carbons (Fsp3) is 0.176. The van der Waals surface area contributed by atoms with Crippen LogP contribution in [0.15, 0.2) is 44.9 Å². The summed E-state index contributed by atoms with van der Waals surface area (Å²) in [4.78, 5) is 24.4. The lowest BCUT2D eigenvalue weighted by Gasteiger charge is -2.09. The first-order valence-electron chi connectivity index (χ1n) is 6.91. The molecule has 1 aromatic carbocycles. The van der Waals surface area contributed by atoms with Gasteiger partial charge in [0.25, 0.3) is 5.91 Å². The van der Waals surface area contributed by atoms with Crippen LogP contribution in [0.1, 0.15) is 26.4 Å². The van der Waals surface area contributed by atoms with Crippen LogP contribution in [0.4, 0.5) is 0 Å². The number of benzene rings is 1. The molecule has 0 aliphatic heterocycles. The van der Waals surface area contributed by atoms with Gasteiger partial charge in [0.05, 0.1) is 4.88 Å². The average Bonchev–Trinajstić information content (AvgIpc) is 3.03. The standard InChI is InChI=1S/C17H15NO3S/c1-10-5-6-13-12(8-15(19)21-16(13)11(10)2)9-18-17(20)14-4-3-7-22-14/h3-8H,9H2,1-2H3,(H,18,20). The van der Waals surface area contributed by atoms with E-state index in [9.17, 15) is 9.59 Å². The van der Waals surface area contributed by atoms with Gasteiger partial charge in [-0.2, -0.15) is 0 Å². The zero-order valence-corrected chi connectivity index (χ0v) is 13.1. The number of thiophene rings is 1. The fourth-order valence-electron chi connectivity index (χ4n) is 2.34. The first-order valence-corrected chi connectivity index (χ1v) is 7.79. The first-order chi connectivity index (χ1) is 10.6. The van der Waals surface area contributed by atoms with E-state index in [1.54, 1.807) is 6.07 Å². The maximum Gasteiger partial charge on any atom is 0.336 e. The molecule has 3 rings (SSSR count). The molecule has 2 heterocycles. The molecule has 2 aromatic heterocycles. The van der Waals surface area contributed by atoms with E-state index in [1.165, 1.54) is 17.4 Å². The van der Waals surface area contributed by atoms with Crippen LogP contribution in [0.5, 0.6) is 0 Å². The summed E-state index contributed by atoms with van der Waals surface area (Å²) in [5.41, 5.74) is 2.96. The van der Waals surface area contributed by atoms with Gasteiger partial charge >= 0.3 is 5.63 Å². The van der Waals surface area contributed by atoms with Gasteiger partial charge in [0.15, 0.2) is 0 Å². The highest BCUT2D eigenvalue weighted by molar-refractivity contribution is 7.12. The van der Waals surface area contributed by atoms with Crippen molar-refractivity contribution in [3.63, 3.8) is 0 Å². The predicted octanol–water partition coefficient (Wildman–Crippen LogP) is 3.40. The van der Waals surface area contributed by atoms with Gasteiger partial charge in [0, 0.05) is 18.0 Å². The highest BCUT2D eigenvalue weighted by Gasteiger charge is 2.11. The molecule has 0 fully saturated rings. The molecular weight excluding hydrogens is 298 g/mol. The van der Waals surface area contributed by atoms with Crippen LogP contribution in [-0.2, 0) is 6.54 Å². The highest BCUT2D eigenvalue weighted by Crippen LogP contribution is 2.23. The van der Waals surface area contributed by atoms with Crippen LogP contribution >= 0.6 is 11.3 Å². The minimum Gasteiger partial charge on any atom is -0.422 e. The molecule has 1 amide bonds. The van der Waals surface area contributed by atoms with E-state index in [2.05, 4.69) is 5.32 Å². The van der Waals surface area contributed by atoms with Crippen LogP contribution in [0.25, 0.3) is 11.0 Å². The maximum absolute atomic E-state index is 12.0. The second-order valence-electron chi connectivity index (χ2n) is 5.13. The third-order valence-corrected chi connectivity index (χ3v) is 4.57. The van der Waals surface area contributed by atoms with Crippen molar-refractivity contribution in [1.82, 2.24) is 5.32 Å². The normalized spacial score (nSPS) is 10.8. The molecule has 112 valence electrons. The molecule has 0 bridgehead atoms. The molecule has 0 aliphatic carbocycles. The quantitative estimate of drug-likeness (QED) is 0.754. The molecule has 0 atom stereocenters. The average molecular weight is 313 g/mol. The summed E-state index contributed by atoms with van der Waals surface area (Å²) in [5.74, 6) is -0.139. The molecule has 0 unspecified atom stereocenters. The second-order valence-corrected chi connectivity index (χ2v) is 6.08. The number of hydrogen-bond donors (Lipinski definition) is 1. The van der Waals surface area contributed by atoms with E-state index in [4.69, 9.17) is 4.42 Å². The summed E-state index contributed by atoms with van der Waals surface area (Å²) in [6, 6.07) is 8.95. The van der Waals surface area contributed by atoms with Crippen LogP contribution < -0.4 is 10.9 Å². The molecule has 4 nitrogen and oxygen atoms in total. The van der Waals surface area contributed by atoms with Gasteiger partial charge in [-0.1, -0.05) is 18.2 Å². The number of carbonyl (C=O) groups excluding carboxylic acids is 1. The minimum atomic E-state index is -0.401. The number of rotatable bonds is 3. The molecule has 5 heteroatoms. The highest BCUT2D eigenvalue weighted by atomic mass is 32.1. The third kappa shape index (κ3) is 2.67. The number of carbonyl (C=O) groups is 1. The van der Waals surface area contributed by atoms with E-state index in [0.29, 0.717) is 17.0 Å². The lowest BCUT2D eigenvalue weighted by Crippen LogP contribution is -2.22. The van der Waals surface area contributed by atoms with E-state index in [-0.39, 0.29) is 5.91 Å². The van der Waals surface area contributed by atoms with Crippen molar-refractivity contribution in [1.29, 1.82) is 0 Å². The van der Waals surface area contributed by atoms with Gasteiger partial charge in [-0.05, 0) is 42.0 Å². The summed E-state index contributed by atoms with van der Waals surface area (Å²) in [6.45, 7) is 4.19. The summed E-state index contributed by atoms with van der Waals surface area (Å²) < 4.78 is 5.33. The summed E-state index contributed by atoms with van der Waals surface area (Å²) >= 11 is 1.39. The minimum absolute atomic E-state index is 0.139. The number of amides is 1. The van der Waals surface area contributed by atoms with Gasteiger partial charge in [-0.25, -0.2) is 4.79 Å². The predicted molar refractivity (Wildman–Crippen MR) is 87.4 cm³/mol. The molecule has 0 saturated heterocycles. The smallest absolute Gasteiger partial charge is 0.336 e. The Morgan fingerprint density at radius 1 is 1.27 bits per heavy atom. The van der Waals surface area contributed by atoms with Crippen molar-refractivity contribution >= 4 is 28.2 Å². The number of hydrogen-bond acceptors (Lipinski definition) is 4. The molecule has 0 radical (unpaired) electrons. The molecule has 0 aliphatic rings. The Morgan fingerprint density at radius 2 is 2.09 bits per heavy atom. The zero-order chi connectivity index (χ0) is 15.7. The lowest BCUT2D eigenvalue weighted by atomic mass is 10.0. The second kappa shape index (κ2) is 5.77. The Hall–Kier alpha value is -2.40. The number of nitrogens with one attached hydrogen (secondary N) is 1. The molecule has 22 heavy (non-hydrogen) atoms. The van der Waals surface area contributed by atoms with Gasteiger partial charge < -0.3 is 9.73 Å². The molecule has 3 aromatic rings. The van der Waals surface area contributed by atoms with Crippen molar-refractivity contribution in [2.24, 2.45) is 0 Å². The largest absolute Gasteiger partial charge is 0.422 e. The third-order valence-electron chi connectivity index (χ3n) is 3.70. The van der Waals surface area contributed by atoms with Crippen molar-refractivity contribution in [2.45, 2.75) is 20.4 Å². The van der Waals surface area contributed by atoms with Crippen LogP contribution in [0, 0.1) is 13.8 Å². The fourth-order valence-corrected chi connectivity index (χ4v) is 2.98. The summed E-state index contributed by atoms with van der Waals surface area (Å²) in [6.07, 6.45) is 0. The van der Waals surface area contributed by atoms with Crippen molar-refractivity contribution in [3.8, 4) is 0 Å². The van der Waals surface area contributed by atoms with Crippen molar-refractivity contribution in [2.75, 3.05) is 0 Å². The number of aryl methyl sites for hydroxylation is 2. The Kier molecular flexibility index (Phi) is 3.81. The topological polar surface area (TPSA) is 59.3 Å². The monoisotopic (exact) mass is 313 g/mol. The molecule has 0 saturated carbocycles. The van der Waals surface area contributed by atoms with Gasteiger partial charge in [0.2, 0.25) is 0 Å². The summed E-state index contributed by atoms with van der Waals surface area (Å²) in [7, 11) is 0.